The summed E-state index contributed by atoms with van der Waals surface area (Å²) in [5.41, 5.74) is 10.6. The molecule has 0 aliphatic heterocycles. The van der Waals surface area contributed by atoms with Crippen LogP contribution in [0.4, 0.5) is 5.69 Å². The van der Waals surface area contributed by atoms with E-state index >= 15 is 0 Å². The highest BCUT2D eigenvalue weighted by molar-refractivity contribution is 14.0. The lowest BCUT2D eigenvalue weighted by Crippen LogP contribution is -2.22. The molecule has 0 bridgehead atoms. The number of guanidine groups is 1. The molecule has 8 heteroatoms. The van der Waals surface area contributed by atoms with Gasteiger partial charge in [0.05, 0.1) is 11.4 Å². The first kappa shape index (κ1) is 20.7. The summed E-state index contributed by atoms with van der Waals surface area (Å²) >= 11 is 0. The first-order valence-electron chi connectivity index (χ1n) is 8.19. The smallest absolute Gasteiger partial charge is 0.240 e. The van der Waals surface area contributed by atoms with Crippen LogP contribution in [0, 0.1) is 0 Å². The minimum absolute atomic E-state index is 0. The maximum Gasteiger partial charge on any atom is 0.240 e. The minimum atomic E-state index is -3.41. The van der Waals surface area contributed by atoms with Crippen LogP contribution in [-0.4, -0.2) is 21.4 Å². The van der Waals surface area contributed by atoms with Crippen LogP contribution in [0.25, 0.3) is 0 Å². The highest BCUT2D eigenvalue weighted by Gasteiger charge is 2.11. The lowest BCUT2D eigenvalue weighted by Gasteiger charge is -2.08. The largest absolute Gasteiger partial charge is 0.370 e. The molecular weight excluding hydrogens is 463 g/mol. The zero-order valence-corrected chi connectivity index (χ0v) is 17.7. The fraction of sp³-hybridized carbons (Fsp3) is 0.278. The van der Waals surface area contributed by atoms with Crippen molar-refractivity contribution in [3.8, 4) is 0 Å². The zero-order chi connectivity index (χ0) is 17.9. The summed E-state index contributed by atoms with van der Waals surface area (Å²) < 4.78 is 25.7. The van der Waals surface area contributed by atoms with Crippen LogP contribution >= 0.6 is 24.0 Å². The second kappa shape index (κ2) is 8.83. The first-order chi connectivity index (χ1) is 12.0. The van der Waals surface area contributed by atoms with E-state index in [0.717, 1.165) is 24.1 Å². The summed E-state index contributed by atoms with van der Waals surface area (Å²) in [6.07, 6.45) is 3.48. The van der Waals surface area contributed by atoms with Crippen molar-refractivity contribution in [1.82, 2.24) is 4.72 Å². The van der Waals surface area contributed by atoms with Crippen LogP contribution in [0.3, 0.4) is 0 Å². The number of aryl methyl sites for hydroxylation is 2. The van der Waals surface area contributed by atoms with E-state index in [9.17, 15) is 8.42 Å². The second-order valence-corrected chi connectivity index (χ2v) is 7.90. The monoisotopic (exact) mass is 486 g/mol. The molecule has 0 fully saturated rings. The number of halogens is 1. The Balaban J connectivity index is 0.00000243. The van der Waals surface area contributed by atoms with Crippen molar-refractivity contribution in [3.63, 3.8) is 0 Å². The Labute approximate surface area is 171 Å². The summed E-state index contributed by atoms with van der Waals surface area (Å²) in [5.74, 6) is 0.338. The molecule has 2 aromatic rings. The Morgan fingerprint density at radius 1 is 1.12 bits per heavy atom. The molecule has 2 aromatic carbocycles. The Morgan fingerprint density at radius 2 is 1.81 bits per heavy atom. The van der Waals surface area contributed by atoms with Gasteiger partial charge in [0, 0.05) is 5.69 Å². The number of fused-ring (bicyclic) bond motifs is 1. The van der Waals surface area contributed by atoms with Gasteiger partial charge in [-0.05, 0) is 67.3 Å². The van der Waals surface area contributed by atoms with Crippen molar-refractivity contribution in [2.75, 3.05) is 12.4 Å². The van der Waals surface area contributed by atoms with Gasteiger partial charge < -0.3 is 11.1 Å². The molecule has 0 amide bonds. The summed E-state index contributed by atoms with van der Waals surface area (Å²) in [6.45, 7) is 0.379. The van der Waals surface area contributed by atoms with Gasteiger partial charge in [0.1, 0.15) is 0 Å². The molecule has 26 heavy (non-hydrogen) atoms. The Hall–Kier alpha value is -1.65. The molecule has 3 rings (SSSR count). The Morgan fingerprint density at radius 3 is 2.50 bits per heavy atom. The average molecular weight is 486 g/mol. The summed E-state index contributed by atoms with van der Waals surface area (Å²) in [7, 11) is -2.03. The van der Waals surface area contributed by atoms with E-state index in [2.05, 4.69) is 27.2 Å². The van der Waals surface area contributed by atoms with E-state index in [1.165, 1.54) is 24.6 Å². The van der Waals surface area contributed by atoms with Gasteiger partial charge in [0.15, 0.2) is 5.96 Å². The SMILES string of the molecule is CNS(=O)(=O)c1ccc(CN=C(N)Nc2ccc3c(c2)CCC3)cc1.I. The van der Waals surface area contributed by atoms with Crippen molar-refractivity contribution in [2.45, 2.75) is 30.7 Å². The van der Waals surface area contributed by atoms with Crippen molar-refractivity contribution in [2.24, 2.45) is 10.7 Å². The van der Waals surface area contributed by atoms with Gasteiger partial charge in [-0.3, -0.25) is 0 Å². The van der Waals surface area contributed by atoms with Crippen LogP contribution in [-0.2, 0) is 29.4 Å². The van der Waals surface area contributed by atoms with Crippen LogP contribution in [0.15, 0.2) is 52.4 Å². The van der Waals surface area contributed by atoms with E-state index in [4.69, 9.17) is 5.73 Å². The summed E-state index contributed by atoms with van der Waals surface area (Å²) in [6, 6.07) is 12.9. The van der Waals surface area contributed by atoms with E-state index < -0.39 is 10.0 Å². The molecule has 0 spiro atoms. The van der Waals surface area contributed by atoms with Gasteiger partial charge in [-0.2, -0.15) is 0 Å². The molecular formula is C18H23IN4O2S. The maximum atomic E-state index is 11.7. The topological polar surface area (TPSA) is 96.6 Å². The normalized spacial score (nSPS) is 13.8. The molecule has 0 heterocycles. The van der Waals surface area contributed by atoms with Gasteiger partial charge in [-0.25, -0.2) is 18.1 Å². The number of sulfonamides is 1. The summed E-state index contributed by atoms with van der Waals surface area (Å²) in [5, 5.41) is 3.11. The molecule has 0 unspecified atom stereocenters. The molecule has 4 N–H and O–H groups in total. The number of rotatable bonds is 5. The van der Waals surface area contributed by atoms with Crippen LogP contribution in [0.5, 0.6) is 0 Å². The highest BCUT2D eigenvalue weighted by Crippen LogP contribution is 2.24. The molecule has 0 aromatic heterocycles. The van der Waals surface area contributed by atoms with Crippen molar-refractivity contribution in [3.05, 3.63) is 59.2 Å². The van der Waals surface area contributed by atoms with Crippen LogP contribution in [0.1, 0.15) is 23.1 Å². The number of nitrogens with two attached hydrogens (primary N) is 1. The maximum absolute atomic E-state index is 11.7. The third kappa shape index (κ3) is 4.95. The lowest BCUT2D eigenvalue weighted by atomic mass is 10.1. The van der Waals surface area contributed by atoms with E-state index in [1.807, 2.05) is 6.07 Å². The number of benzene rings is 2. The molecule has 0 atom stereocenters. The predicted molar refractivity (Wildman–Crippen MR) is 116 cm³/mol. The number of hydrogen-bond donors (Lipinski definition) is 3. The first-order valence-corrected chi connectivity index (χ1v) is 9.67. The van der Waals surface area contributed by atoms with E-state index in [-0.39, 0.29) is 28.9 Å². The van der Waals surface area contributed by atoms with Gasteiger partial charge in [0.2, 0.25) is 10.0 Å². The molecule has 6 nitrogen and oxygen atoms in total. The molecule has 140 valence electrons. The number of hydrogen-bond acceptors (Lipinski definition) is 3. The fourth-order valence-corrected chi connectivity index (χ4v) is 3.64. The van der Waals surface area contributed by atoms with Crippen LogP contribution < -0.4 is 15.8 Å². The van der Waals surface area contributed by atoms with Gasteiger partial charge in [-0.1, -0.05) is 18.2 Å². The Bertz CT molecular complexity index is 896. The van der Waals surface area contributed by atoms with Crippen molar-refractivity contribution in [1.29, 1.82) is 0 Å². The lowest BCUT2D eigenvalue weighted by molar-refractivity contribution is 0.588. The molecule has 0 radical (unpaired) electrons. The number of nitrogens with zero attached hydrogens (tertiary/aromatic N) is 1. The quantitative estimate of drug-likeness (QED) is 0.344. The van der Waals surface area contributed by atoms with Crippen molar-refractivity contribution >= 4 is 45.6 Å². The van der Waals surface area contributed by atoms with Gasteiger partial charge in [-0.15, -0.1) is 24.0 Å². The van der Waals surface area contributed by atoms with Gasteiger partial charge >= 0.3 is 0 Å². The third-order valence-corrected chi connectivity index (χ3v) is 5.74. The molecule has 0 saturated heterocycles. The van der Waals surface area contributed by atoms with Gasteiger partial charge in [0.25, 0.3) is 0 Å². The fourth-order valence-electron chi connectivity index (χ4n) is 2.91. The second-order valence-electron chi connectivity index (χ2n) is 6.02. The van der Waals surface area contributed by atoms with Crippen molar-refractivity contribution < 1.29 is 8.42 Å². The predicted octanol–water partition coefficient (Wildman–Crippen LogP) is 2.63. The number of aliphatic imine (C=N–C) groups is 1. The number of nitrogens with one attached hydrogen (secondary N) is 2. The molecule has 1 aliphatic carbocycles. The number of anilines is 1. The average Bonchev–Trinajstić information content (AvgIpc) is 3.08. The Kier molecular flexibility index (Phi) is 7.01. The highest BCUT2D eigenvalue weighted by atomic mass is 127. The summed E-state index contributed by atoms with van der Waals surface area (Å²) in [4.78, 5) is 4.54. The molecule has 0 saturated carbocycles. The van der Waals surface area contributed by atoms with E-state index in [0.29, 0.717) is 12.5 Å². The van der Waals surface area contributed by atoms with E-state index in [1.54, 1.807) is 24.3 Å². The molecule has 1 aliphatic rings. The third-order valence-electron chi connectivity index (χ3n) is 4.31. The van der Waals surface area contributed by atoms with Crippen LogP contribution in [0.2, 0.25) is 0 Å². The standard InChI is InChI=1S/C18H22N4O2S.HI/c1-20-25(23,24)17-9-5-13(6-10-17)12-21-18(19)22-16-8-7-14-3-2-4-15(14)11-16;/h5-11,20H,2-4,12H2,1H3,(H3,19,21,22);1H. The minimum Gasteiger partial charge on any atom is -0.370 e. The zero-order valence-electron chi connectivity index (χ0n) is 14.5.